The highest BCUT2D eigenvalue weighted by Gasteiger charge is 2.06. The van der Waals surface area contributed by atoms with Crippen LogP contribution in [0.1, 0.15) is 16.7 Å². The zero-order valence-electron chi connectivity index (χ0n) is 12.2. The summed E-state index contributed by atoms with van der Waals surface area (Å²) in [6.07, 6.45) is 1.79. The number of anilines is 1. The van der Waals surface area contributed by atoms with Gasteiger partial charge in [0.2, 0.25) is 0 Å². The highest BCUT2D eigenvalue weighted by molar-refractivity contribution is 5.93. The van der Waals surface area contributed by atoms with Crippen molar-refractivity contribution in [2.24, 2.45) is 0 Å². The van der Waals surface area contributed by atoms with E-state index in [4.69, 9.17) is 0 Å². The van der Waals surface area contributed by atoms with Crippen molar-refractivity contribution in [2.75, 3.05) is 5.32 Å². The molecule has 2 nitrogen and oxygen atoms in total. The van der Waals surface area contributed by atoms with Gasteiger partial charge in [0.1, 0.15) is 5.82 Å². The smallest absolute Gasteiger partial charge is 0.128 e. The number of benzene rings is 2. The number of fused-ring (bicyclic) bond motifs is 1. The van der Waals surface area contributed by atoms with Crippen LogP contribution in [-0.4, -0.2) is 4.98 Å². The van der Waals surface area contributed by atoms with E-state index in [9.17, 15) is 4.39 Å². The van der Waals surface area contributed by atoms with Crippen molar-refractivity contribution < 1.29 is 4.39 Å². The van der Waals surface area contributed by atoms with E-state index < -0.39 is 0 Å². The van der Waals surface area contributed by atoms with Gasteiger partial charge in [-0.05, 0) is 43.7 Å². The van der Waals surface area contributed by atoms with E-state index in [2.05, 4.69) is 10.3 Å². The number of pyridine rings is 1. The van der Waals surface area contributed by atoms with Gasteiger partial charge >= 0.3 is 0 Å². The topological polar surface area (TPSA) is 24.9 Å². The summed E-state index contributed by atoms with van der Waals surface area (Å²) in [5.41, 5.74) is 4.82. The van der Waals surface area contributed by atoms with Gasteiger partial charge in [0.25, 0.3) is 0 Å². The molecule has 106 valence electrons. The van der Waals surface area contributed by atoms with Gasteiger partial charge in [-0.3, -0.25) is 4.98 Å². The first kappa shape index (κ1) is 13.6. The summed E-state index contributed by atoms with van der Waals surface area (Å²) in [5.74, 6) is -0.178. The van der Waals surface area contributed by atoms with E-state index in [0.29, 0.717) is 12.1 Å². The van der Waals surface area contributed by atoms with Crippen LogP contribution >= 0.6 is 0 Å². The first-order chi connectivity index (χ1) is 10.1. The number of halogens is 1. The maximum Gasteiger partial charge on any atom is 0.128 e. The summed E-state index contributed by atoms with van der Waals surface area (Å²) >= 11 is 0. The van der Waals surface area contributed by atoms with Crippen molar-refractivity contribution in [1.82, 2.24) is 4.98 Å². The number of nitrogens with one attached hydrogen (secondary N) is 1. The molecule has 1 aromatic heterocycles. The monoisotopic (exact) mass is 280 g/mol. The second-order valence-corrected chi connectivity index (χ2v) is 5.28. The Labute approximate surface area is 123 Å². The Morgan fingerprint density at radius 3 is 2.81 bits per heavy atom. The number of aryl methyl sites for hydroxylation is 2. The third-order valence-electron chi connectivity index (χ3n) is 3.64. The molecular weight excluding hydrogens is 263 g/mol. The van der Waals surface area contributed by atoms with Gasteiger partial charge in [-0.1, -0.05) is 23.8 Å². The number of hydrogen-bond acceptors (Lipinski definition) is 2. The summed E-state index contributed by atoms with van der Waals surface area (Å²) in [7, 11) is 0. The van der Waals surface area contributed by atoms with Crippen LogP contribution in [-0.2, 0) is 6.54 Å². The van der Waals surface area contributed by atoms with Gasteiger partial charge in [-0.25, -0.2) is 4.39 Å². The highest BCUT2D eigenvalue weighted by Crippen LogP contribution is 2.25. The lowest BCUT2D eigenvalue weighted by Crippen LogP contribution is -2.03. The average Bonchev–Trinajstić information content (AvgIpc) is 2.50. The lowest BCUT2D eigenvalue weighted by Gasteiger charge is -2.12. The molecule has 0 bridgehead atoms. The van der Waals surface area contributed by atoms with Crippen LogP contribution in [0.15, 0.2) is 48.7 Å². The highest BCUT2D eigenvalue weighted by atomic mass is 19.1. The number of aromatic nitrogens is 1. The van der Waals surface area contributed by atoms with E-state index in [1.807, 2.05) is 44.2 Å². The minimum atomic E-state index is -0.178. The van der Waals surface area contributed by atoms with Crippen LogP contribution in [0.25, 0.3) is 10.9 Å². The summed E-state index contributed by atoms with van der Waals surface area (Å²) < 4.78 is 13.8. The summed E-state index contributed by atoms with van der Waals surface area (Å²) in [6.45, 7) is 4.47. The van der Waals surface area contributed by atoms with Crippen LogP contribution in [0.5, 0.6) is 0 Å². The largest absolute Gasteiger partial charge is 0.380 e. The third-order valence-corrected chi connectivity index (χ3v) is 3.64. The predicted octanol–water partition coefficient (Wildman–Crippen LogP) is 4.60. The fraction of sp³-hybridized carbons (Fsp3) is 0.167. The molecule has 0 unspecified atom stereocenters. The molecular formula is C18H17FN2. The van der Waals surface area contributed by atoms with Crippen molar-refractivity contribution in [1.29, 1.82) is 0 Å². The molecule has 0 aliphatic heterocycles. The van der Waals surface area contributed by atoms with E-state index in [-0.39, 0.29) is 5.82 Å². The Bertz CT molecular complexity index is 796. The molecule has 0 amide bonds. The minimum absolute atomic E-state index is 0.178. The van der Waals surface area contributed by atoms with Crippen LogP contribution < -0.4 is 5.32 Å². The molecule has 0 saturated carbocycles. The second kappa shape index (κ2) is 5.52. The number of hydrogen-bond donors (Lipinski definition) is 1. The van der Waals surface area contributed by atoms with Gasteiger partial charge in [0, 0.05) is 29.4 Å². The quantitative estimate of drug-likeness (QED) is 0.758. The van der Waals surface area contributed by atoms with Gasteiger partial charge in [0.15, 0.2) is 0 Å². The maximum absolute atomic E-state index is 13.8. The zero-order chi connectivity index (χ0) is 14.8. The van der Waals surface area contributed by atoms with Crippen molar-refractivity contribution >= 4 is 16.6 Å². The fourth-order valence-corrected chi connectivity index (χ4v) is 2.50. The zero-order valence-corrected chi connectivity index (χ0v) is 12.2. The Kier molecular flexibility index (Phi) is 3.57. The maximum atomic E-state index is 13.8. The summed E-state index contributed by atoms with van der Waals surface area (Å²) in [4.78, 5) is 4.41. The van der Waals surface area contributed by atoms with Gasteiger partial charge in [-0.2, -0.15) is 0 Å². The molecule has 1 N–H and O–H groups in total. The van der Waals surface area contributed by atoms with Gasteiger partial charge in [0.05, 0.1) is 5.52 Å². The average molecular weight is 280 g/mol. The molecule has 3 aromatic rings. The van der Waals surface area contributed by atoms with Crippen molar-refractivity contribution in [3.05, 3.63) is 71.2 Å². The lowest BCUT2D eigenvalue weighted by molar-refractivity contribution is 0.612. The molecule has 0 atom stereocenters. The molecule has 0 aliphatic rings. The summed E-state index contributed by atoms with van der Waals surface area (Å²) in [6, 6.07) is 13.2. The second-order valence-electron chi connectivity index (χ2n) is 5.28. The Morgan fingerprint density at radius 1 is 1.10 bits per heavy atom. The molecule has 0 aliphatic carbocycles. The van der Waals surface area contributed by atoms with Crippen LogP contribution in [0.3, 0.4) is 0 Å². The molecule has 3 heteroatoms. The molecule has 0 saturated heterocycles. The van der Waals surface area contributed by atoms with Crippen LogP contribution in [0.4, 0.5) is 10.1 Å². The molecule has 2 aromatic carbocycles. The summed E-state index contributed by atoms with van der Waals surface area (Å²) in [5, 5.41) is 4.38. The molecule has 0 spiro atoms. The van der Waals surface area contributed by atoms with Gasteiger partial charge < -0.3 is 5.32 Å². The van der Waals surface area contributed by atoms with E-state index >= 15 is 0 Å². The van der Waals surface area contributed by atoms with Gasteiger partial charge in [-0.15, -0.1) is 0 Å². The van der Waals surface area contributed by atoms with E-state index in [1.54, 1.807) is 12.3 Å². The standard InChI is InChI=1S/C18H17FN2/c1-12-5-7-16(19)14(10-12)11-21-17-8-6-13(2)18-15(17)4-3-9-20-18/h3-10,21H,11H2,1-2H3. The predicted molar refractivity (Wildman–Crippen MR) is 84.9 cm³/mol. The first-order valence-corrected chi connectivity index (χ1v) is 6.98. The van der Waals surface area contributed by atoms with Crippen molar-refractivity contribution in [2.45, 2.75) is 20.4 Å². The number of rotatable bonds is 3. The molecule has 0 radical (unpaired) electrons. The van der Waals surface area contributed by atoms with Crippen molar-refractivity contribution in [3.8, 4) is 0 Å². The fourth-order valence-electron chi connectivity index (χ4n) is 2.50. The Morgan fingerprint density at radius 2 is 1.95 bits per heavy atom. The first-order valence-electron chi connectivity index (χ1n) is 6.98. The van der Waals surface area contributed by atoms with E-state index in [0.717, 1.165) is 27.7 Å². The number of nitrogens with zero attached hydrogens (tertiary/aromatic N) is 1. The Balaban J connectivity index is 1.92. The minimum Gasteiger partial charge on any atom is -0.380 e. The molecule has 21 heavy (non-hydrogen) atoms. The van der Waals surface area contributed by atoms with Crippen molar-refractivity contribution in [3.63, 3.8) is 0 Å². The SMILES string of the molecule is Cc1ccc(F)c(CNc2ccc(C)c3ncccc23)c1. The molecule has 3 rings (SSSR count). The van der Waals surface area contributed by atoms with E-state index in [1.165, 1.54) is 6.07 Å². The third kappa shape index (κ3) is 2.72. The molecule has 1 heterocycles. The normalized spacial score (nSPS) is 10.8. The molecule has 0 fully saturated rings. The van der Waals surface area contributed by atoms with Crippen LogP contribution in [0, 0.1) is 19.7 Å². The lowest BCUT2D eigenvalue weighted by atomic mass is 10.1. The van der Waals surface area contributed by atoms with Crippen LogP contribution in [0.2, 0.25) is 0 Å². The Hall–Kier alpha value is -2.42.